The van der Waals surface area contributed by atoms with Crippen LogP contribution in [0, 0.1) is 13.8 Å². The van der Waals surface area contributed by atoms with Crippen LogP contribution in [0.4, 0.5) is 0 Å². The molecule has 1 saturated heterocycles. The summed E-state index contributed by atoms with van der Waals surface area (Å²) < 4.78 is 2.08. The molecule has 0 spiro atoms. The zero-order chi connectivity index (χ0) is 21.1. The van der Waals surface area contributed by atoms with E-state index >= 15 is 0 Å². The van der Waals surface area contributed by atoms with E-state index in [0.717, 1.165) is 54.1 Å². The lowest BCUT2D eigenvalue weighted by Crippen LogP contribution is -2.35. The molecule has 1 aromatic carbocycles. The third-order valence-electron chi connectivity index (χ3n) is 5.90. The Hall–Kier alpha value is -3.21. The average molecular weight is 402 g/mol. The average Bonchev–Trinajstić information content (AvgIpc) is 3.28. The number of hydrogen-bond donors (Lipinski definition) is 0. The van der Waals surface area contributed by atoms with Gasteiger partial charge in [0.1, 0.15) is 5.56 Å². The number of benzene rings is 1. The molecule has 1 fully saturated rings. The summed E-state index contributed by atoms with van der Waals surface area (Å²) in [4.78, 5) is 32.7. The zero-order valence-electron chi connectivity index (χ0n) is 17.6. The first-order chi connectivity index (χ1) is 14.5. The van der Waals surface area contributed by atoms with Crippen molar-refractivity contribution in [3.05, 3.63) is 98.7 Å². The SMILES string of the molecule is Cc1ccccc1Cc1c(C(=O)N2CCCC2)c(=O)cc(C)n1Cc1ccccn1. The lowest BCUT2D eigenvalue weighted by Gasteiger charge is -2.23. The Morgan fingerprint density at radius 1 is 1.03 bits per heavy atom. The standard InChI is InChI=1S/C25H27N3O2/c1-18-9-3-4-10-20(18)16-22-24(25(30)27-13-7-8-14-27)23(29)15-19(2)28(22)17-21-11-5-6-12-26-21/h3-6,9-12,15H,7-8,13-14,16-17H2,1-2H3. The number of likely N-dealkylation sites (tertiary alicyclic amines) is 1. The van der Waals surface area contributed by atoms with Crippen LogP contribution in [0.1, 0.15) is 51.4 Å². The summed E-state index contributed by atoms with van der Waals surface area (Å²) in [5, 5.41) is 0. The lowest BCUT2D eigenvalue weighted by molar-refractivity contribution is 0.0789. The molecule has 0 unspecified atom stereocenters. The highest BCUT2D eigenvalue weighted by molar-refractivity contribution is 5.95. The van der Waals surface area contributed by atoms with Gasteiger partial charge in [-0.1, -0.05) is 30.3 Å². The minimum absolute atomic E-state index is 0.143. The van der Waals surface area contributed by atoms with Crippen LogP contribution in [0.3, 0.4) is 0 Å². The molecule has 0 bridgehead atoms. The van der Waals surface area contributed by atoms with Gasteiger partial charge in [-0.15, -0.1) is 0 Å². The fourth-order valence-electron chi connectivity index (χ4n) is 4.18. The number of amides is 1. The highest BCUT2D eigenvalue weighted by Gasteiger charge is 2.27. The van der Waals surface area contributed by atoms with Gasteiger partial charge in [0.15, 0.2) is 5.43 Å². The van der Waals surface area contributed by atoms with Gasteiger partial charge in [-0.25, -0.2) is 0 Å². The number of carbonyl (C=O) groups is 1. The Morgan fingerprint density at radius 3 is 2.47 bits per heavy atom. The maximum Gasteiger partial charge on any atom is 0.259 e. The van der Waals surface area contributed by atoms with Crippen LogP contribution in [0.2, 0.25) is 0 Å². The molecule has 0 atom stereocenters. The first-order valence-electron chi connectivity index (χ1n) is 10.5. The van der Waals surface area contributed by atoms with Gasteiger partial charge in [-0.05, 0) is 49.9 Å². The Morgan fingerprint density at radius 2 is 1.77 bits per heavy atom. The molecule has 154 valence electrons. The predicted molar refractivity (Wildman–Crippen MR) is 118 cm³/mol. The molecule has 3 heterocycles. The number of rotatable bonds is 5. The van der Waals surface area contributed by atoms with Crippen molar-refractivity contribution in [3.8, 4) is 0 Å². The van der Waals surface area contributed by atoms with Gasteiger partial charge < -0.3 is 9.47 Å². The van der Waals surface area contributed by atoms with E-state index in [9.17, 15) is 9.59 Å². The van der Waals surface area contributed by atoms with Crippen LogP contribution in [0.15, 0.2) is 59.5 Å². The maximum atomic E-state index is 13.4. The Labute approximate surface area is 177 Å². The maximum absolute atomic E-state index is 13.4. The Kier molecular flexibility index (Phi) is 5.79. The second-order valence-electron chi connectivity index (χ2n) is 7.98. The fourth-order valence-corrected chi connectivity index (χ4v) is 4.18. The lowest BCUT2D eigenvalue weighted by atomic mass is 9.99. The van der Waals surface area contributed by atoms with E-state index < -0.39 is 0 Å². The van der Waals surface area contributed by atoms with E-state index in [1.807, 2.05) is 42.2 Å². The molecule has 1 aliphatic rings. The van der Waals surface area contributed by atoms with Crippen molar-refractivity contribution in [1.82, 2.24) is 14.5 Å². The van der Waals surface area contributed by atoms with E-state index in [0.29, 0.717) is 18.5 Å². The Bertz CT molecular complexity index is 1110. The first kappa shape index (κ1) is 20.1. The number of nitrogens with zero attached hydrogens (tertiary/aromatic N) is 3. The highest BCUT2D eigenvalue weighted by Crippen LogP contribution is 2.21. The van der Waals surface area contributed by atoms with Crippen LogP contribution in [-0.4, -0.2) is 33.4 Å². The van der Waals surface area contributed by atoms with Gasteiger partial charge >= 0.3 is 0 Å². The van der Waals surface area contributed by atoms with Crippen molar-refractivity contribution >= 4 is 5.91 Å². The zero-order valence-corrected chi connectivity index (χ0v) is 17.6. The van der Waals surface area contributed by atoms with Gasteiger partial charge in [0.05, 0.1) is 12.2 Å². The summed E-state index contributed by atoms with van der Waals surface area (Å²) in [6.45, 7) is 5.95. The molecule has 1 amide bonds. The van der Waals surface area contributed by atoms with Crippen molar-refractivity contribution in [2.75, 3.05) is 13.1 Å². The van der Waals surface area contributed by atoms with Crippen molar-refractivity contribution in [3.63, 3.8) is 0 Å². The van der Waals surface area contributed by atoms with Crippen molar-refractivity contribution < 1.29 is 4.79 Å². The number of aromatic nitrogens is 2. The van der Waals surface area contributed by atoms with Crippen LogP contribution >= 0.6 is 0 Å². The fraction of sp³-hybridized carbons (Fsp3) is 0.320. The molecule has 1 aliphatic heterocycles. The predicted octanol–water partition coefficient (Wildman–Crippen LogP) is 3.74. The van der Waals surface area contributed by atoms with Crippen molar-refractivity contribution in [1.29, 1.82) is 0 Å². The van der Waals surface area contributed by atoms with Gasteiger partial charge in [-0.2, -0.15) is 0 Å². The number of carbonyl (C=O) groups excluding carboxylic acids is 1. The molecule has 0 saturated carbocycles. The first-order valence-corrected chi connectivity index (χ1v) is 10.5. The largest absolute Gasteiger partial charge is 0.342 e. The monoisotopic (exact) mass is 401 g/mol. The van der Waals surface area contributed by atoms with Gasteiger partial charge in [0, 0.05) is 43.2 Å². The van der Waals surface area contributed by atoms with Crippen LogP contribution in [0.25, 0.3) is 0 Å². The number of aryl methyl sites for hydroxylation is 2. The topological polar surface area (TPSA) is 55.2 Å². The summed E-state index contributed by atoms with van der Waals surface area (Å²) in [6, 6.07) is 15.5. The smallest absolute Gasteiger partial charge is 0.259 e. The highest BCUT2D eigenvalue weighted by atomic mass is 16.2. The van der Waals surface area contributed by atoms with E-state index in [-0.39, 0.29) is 11.3 Å². The minimum atomic E-state index is -0.190. The van der Waals surface area contributed by atoms with E-state index in [1.54, 1.807) is 12.3 Å². The molecule has 5 nitrogen and oxygen atoms in total. The van der Waals surface area contributed by atoms with E-state index in [4.69, 9.17) is 0 Å². The molecule has 5 heteroatoms. The van der Waals surface area contributed by atoms with Gasteiger partial charge in [-0.3, -0.25) is 14.6 Å². The molecule has 30 heavy (non-hydrogen) atoms. The summed E-state index contributed by atoms with van der Waals surface area (Å²) in [7, 11) is 0. The molecule has 4 rings (SSSR count). The molecule has 0 radical (unpaired) electrons. The minimum Gasteiger partial charge on any atom is -0.342 e. The second-order valence-corrected chi connectivity index (χ2v) is 7.98. The molecule has 0 aliphatic carbocycles. The van der Waals surface area contributed by atoms with Crippen molar-refractivity contribution in [2.24, 2.45) is 0 Å². The number of pyridine rings is 2. The molecule has 2 aromatic heterocycles. The summed E-state index contributed by atoms with van der Waals surface area (Å²) in [5.74, 6) is -0.143. The molecular formula is C25H27N3O2. The quantitative estimate of drug-likeness (QED) is 0.655. The van der Waals surface area contributed by atoms with Gasteiger partial charge in [0.25, 0.3) is 5.91 Å². The summed E-state index contributed by atoms with van der Waals surface area (Å²) >= 11 is 0. The Balaban J connectivity index is 1.87. The summed E-state index contributed by atoms with van der Waals surface area (Å²) in [5.41, 5.74) is 4.90. The normalized spacial score (nSPS) is 13.6. The second kappa shape index (κ2) is 8.66. The van der Waals surface area contributed by atoms with E-state index in [1.165, 1.54) is 0 Å². The van der Waals surface area contributed by atoms with Crippen molar-refractivity contribution in [2.45, 2.75) is 39.7 Å². The van der Waals surface area contributed by atoms with Crippen LogP contribution in [0.5, 0.6) is 0 Å². The summed E-state index contributed by atoms with van der Waals surface area (Å²) in [6.07, 6.45) is 4.29. The van der Waals surface area contributed by atoms with Crippen LogP contribution in [-0.2, 0) is 13.0 Å². The molecule has 0 N–H and O–H groups in total. The third kappa shape index (κ3) is 4.06. The van der Waals surface area contributed by atoms with Gasteiger partial charge in [0.2, 0.25) is 0 Å². The third-order valence-corrected chi connectivity index (χ3v) is 5.90. The van der Waals surface area contributed by atoms with Crippen LogP contribution < -0.4 is 5.43 Å². The number of hydrogen-bond acceptors (Lipinski definition) is 3. The molecule has 3 aromatic rings. The van der Waals surface area contributed by atoms with E-state index in [2.05, 4.69) is 28.6 Å². The molecular weight excluding hydrogens is 374 g/mol.